The number of ether oxygens (including phenoxy) is 2. The van der Waals surface area contributed by atoms with E-state index in [9.17, 15) is 19.2 Å². The maximum absolute atomic E-state index is 12.5. The molecule has 8 bridgehead atoms. The van der Waals surface area contributed by atoms with E-state index in [0.29, 0.717) is 23.7 Å². The van der Waals surface area contributed by atoms with Gasteiger partial charge in [-0.3, -0.25) is 19.2 Å². The quantitative estimate of drug-likeness (QED) is 0.179. The first-order valence-corrected chi connectivity index (χ1v) is 16.1. The van der Waals surface area contributed by atoms with E-state index in [0.717, 1.165) is 48.3 Å². The Hall–Kier alpha value is -1.72. The summed E-state index contributed by atoms with van der Waals surface area (Å²) in [7, 11) is 0. The predicted octanol–water partition coefficient (Wildman–Crippen LogP) is 6.72. The van der Waals surface area contributed by atoms with Crippen LogP contribution in [0.5, 0.6) is 0 Å². The monoisotopic (exact) mass is 540 g/mol. The lowest BCUT2D eigenvalue weighted by atomic mass is 9.48. The maximum Gasteiger partial charge on any atom is 0.309 e. The fourth-order valence-corrected chi connectivity index (χ4v) is 11.0. The zero-order valence-corrected chi connectivity index (χ0v) is 23.8. The molecule has 39 heavy (non-hydrogen) atoms. The lowest BCUT2D eigenvalue weighted by molar-refractivity contribution is -0.168. The summed E-state index contributed by atoms with van der Waals surface area (Å²) in [5.74, 6) is 4.53. The molecule has 8 fully saturated rings. The van der Waals surface area contributed by atoms with Crippen LogP contribution in [0.3, 0.4) is 0 Å². The molecule has 216 valence electrons. The Morgan fingerprint density at radius 2 is 0.769 bits per heavy atom. The van der Waals surface area contributed by atoms with Crippen LogP contribution in [0.1, 0.15) is 128 Å². The van der Waals surface area contributed by atoms with Crippen molar-refractivity contribution in [1.82, 2.24) is 0 Å². The molecule has 0 atom stereocenters. The van der Waals surface area contributed by atoms with Gasteiger partial charge in [-0.2, -0.15) is 0 Å². The van der Waals surface area contributed by atoms with Crippen LogP contribution in [0.25, 0.3) is 0 Å². The molecule has 0 aliphatic heterocycles. The Balaban J connectivity index is 0.806. The molecule has 0 N–H and O–H groups in total. The average molecular weight is 541 g/mol. The number of esters is 2. The van der Waals surface area contributed by atoms with Crippen molar-refractivity contribution in [1.29, 1.82) is 0 Å². The smallest absolute Gasteiger partial charge is 0.309 e. The zero-order valence-electron chi connectivity index (χ0n) is 23.8. The molecule has 0 aromatic rings. The van der Waals surface area contributed by atoms with Gasteiger partial charge in [0.05, 0.1) is 12.8 Å². The van der Waals surface area contributed by atoms with Crippen LogP contribution < -0.4 is 0 Å². The molecular weight excluding hydrogens is 492 g/mol. The van der Waals surface area contributed by atoms with Crippen molar-refractivity contribution in [2.75, 3.05) is 6.79 Å². The molecule has 0 amide bonds. The largest absolute Gasteiger partial charge is 0.428 e. The summed E-state index contributed by atoms with van der Waals surface area (Å²) in [4.78, 5) is 49.1. The molecule has 6 heteroatoms. The fraction of sp³-hybridized carbons (Fsp3) is 0.879. The first kappa shape index (κ1) is 27.4. The van der Waals surface area contributed by atoms with E-state index in [1.54, 1.807) is 0 Å². The van der Waals surface area contributed by atoms with E-state index in [2.05, 4.69) is 0 Å². The van der Waals surface area contributed by atoms with Crippen molar-refractivity contribution in [2.45, 2.75) is 128 Å². The van der Waals surface area contributed by atoms with E-state index in [1.165, 1.54) is 77.0 Å². The molecule has 8 saturated carbocycles. The van der Waals surface area contributed by atoms with Gasteiger partial charge in [0.1, 0.15) is 11.6 Å². The lowest BCUT2D eigenvalue weighted by Crippen LogP contribution is -2.46. The Labute approximate surface area is 233 Å². The highest BCUT2D eigenvalue weighted by Crippen LogP contribution is 2.62. The van der Waals surface area contributed by atoms with E-state index in [4.69, 9.17) is 9.47 Å². The molecular formula is C33H48O6. The molecule has 8 aliphatic carbocycles. The van der Waals surface area contributed by atoms with Gasteiger partial charge in [-0.15, -0.1) is 0 Å². The Bertz CT molecular complexity index is 819. The van der Waals surface area contributed by atoms with Gasteiger partial charge in [0.25, 0.3) is 0 Å². The van der Waals surface area contributed by atoms with Crippen LogP contribution in [0, 0.1) is 46.3 Å². The predicted molar refractivity (Wildman–Crippen MR) is 145 cm³/mol. The van der Waals surface area contributed by atoms with Crippen LogP contribution in [0.2, 0.25) is 0 Å². The van der Waals surface area contributed by atoms with Crippen LogP contribution in [0.4, 0.5) is 0 Å². The normalized spacial score (nSPS) is 39.1. The van der Waals surface area contributed by atoms with Crippen LogP contribution in [0.15, 0.2) is 0 Å². The molecule has 0 radical (unpaired) electrons. The standard InChI is InChI=1S/C33H48O6/c34-28(5-7-32-15-22-9-23(16-32)11-24(10-22)17-32)1-3-30(36)38-21-39-31(37)4-2-29(35)6-8-33-18-25-12-26(19-33)14-27(13-25)20-33/h22-27H,1-21H2. The van der Waals surface area contributed by atoms with E-state index in [1.807, 2.05) is 0 Å². The number of hydrogen-bond acceptors (Lipinski definition) is 6. The highest BCUT2D eigenvalue weighted by atomic mass is 16.7. The molecule has 0 aromatic carbocycles. The molecule has 0 saturated heterocycles. The first-order valence-electron chi connectivity index (χ1n) is 16.1. The van der Waals surface area contributed by atoms with Crippen molar-refractivity contribution in [3.05, 3.63) is 0 Å². The Kier molecular flexibility index (Phi) is 7.94. The van der Waals surface area contributed by atoms with Gasteiger partial charge in [0.2, 0.25) is 6.79 Å². The third-order valence-electron chi connectivity index (χ3n) is 11.9. The number of carbonyl (C=O) groups excluding carboxylic acids is 4. The topological polar surface area (TPSA) is 86.7 Å². The van der Waals surface area contributed by atoms with Crippen LogP contribution in [-0.4, -0.2) is 30.3 Å². The Morgan fingerprint density at radius 3 is 1.08 bits per heavy atom. The first-order chi connectivity index (χ1) is 18.8. The van der Waals surface area contributed by atoms with Gasteiger partial charge in [-0.25, -0.2) is 0 Å². The average Bonchev–Trinajstić information content (AvgIpc) is 2.87. The third kappa shape index (κ3) is 6.62. The minimum atomic E-state index is -0.516. The lowest BCUT2D eigenvalue weighted by Gasteiger charge is -2.57. The Morgan fingerprint density at radius 1 is 0.462 bits per heavy atom. The summed E-state index contributed by atoms with van der Waals surface area (Å²) >= 11 is 0. The summed E-state index contributed by atoms with van der Waals surface area (Å²) in [6, 6.07) is 0. The summed E-state index contributed by atoms with van der Waals surface area (Å²) < 4.78 is 10.0. The van der Waals surface area contributed by atoms with Crippen LogP contribution in [-0.2, 0) is 28.7 Å². The van der Waals surface area contributed by atoms with Gasteiger partial charge in [0, 0.05) is 25.7 Å². The van der Waals surface area contributed by atoms with Crippen molar-refractivity contribution >= 4 is 23.5 Å². The minimum Gasteiger partial charge on any atom is -0.428 e. The summed E-state index contributed by atoms with van der Waals surface area (Å²) in [5, 5.41) is 0. The highest BCUT2D eigenvalue weighted by Gasteiger charge is 2.51. The zero-order chi connectivity index (χ0) is 27.0. The third-order valence-corrected chi connectivity index (χ3v) is 11.9. The molecule has 0 heterocycles. The number of rotatable bonds is 14. The van der Waals surface area contributed by atoms with Crippen molar-refractivity contribution in [2.24, 2.45) is 46.3 Å². The molecule has 8 aliphatic rings. The molecule has 0 aromatic heterocycles. The summed E-state index contributed by atoms with van der Waals surface area (Å²) in [6.07, 6.45) is 19.7. The molecule has 0 unspecified atom stereocenters. The van der Waals surface area contributed by atoms with Gasteiger partial charge in [0.15, 0.2) is 0 Å². The van der Waals surface area contributed by atoms with Crippen LogP contribution >= 0.6 is 0 Å². The fourth-order valence-electron chi connectivity index (χ4n) is 11.0. The SMILES string of the molecule is O=C(CCC(=O)OCOC(=O)CCC(=O)CCC12CC3CC(CC(C3)C1)C2)CCC12CC3CC(CC(C3)C1)C2. The molecule has 8 rings (SSSR count). The number of carbonyl (C=O) groups is 4. The van der Waals surface area contributed by atoms with Gasteiger partial charge >= 0.3 is 11.9 Å². The van der Waals surface area contributed by atoms with E-state index >= 15 is 0 Å². The summed E-state index contributed by atoms with van der Waals surface area (Å²) in [6.45, 7) is -0.444. The van der Waals surface area contributed by atoms with Crippen molar-refractivity contribution in [3.8, 4) is 0 Å². The number of Topliss-reactive ketones (excluding diaryl/α,β-unsaturated/α-hetero) is 2. The molecule has 0 spiro atoms. The minimum absolute atomic E-state index is 0.0278. The molecule has 6 nitrogen and oxygen atoms in total. The second-order valence-electron chi connectivity index (χ2n) is 15.1. The second kappa shape index (κ2) is 11.3. The van der Waals surface area contributed by atoms with Gasteiger partial charge in [-0.05, 0) is 136 Å². The maximum atomic E-state index is 12.5. The van der Waals surface area contributed by atoms with E-state index < -0.39 is 18.7 Å². The number of ketones is 2. The summed E-state index contributed by atoms with van der Waals surface area (Å²) in [5.41, 5.74) is 0.769. The van der Waals surface area contributed by atoms with E-state index in [-0.39, 0.29) is 37.2 Å². The second-order valence-corrected chi connectivity index (χ2v) is 15.1. The number of hydrogen-bond donors (Lipinski definition) is 0. The van der Waals surface area contributed by atoms with Crippen molar-refractivity contribution in [3.63, 3.8) is 0 Å². The van der Waals surface area contributed by atoms with Gasteiger partial charge in [-0.1, -0.05) is 0 Å². The van der Waals surface area contributed by atoms with Crippen molar-refractivity contribution < 1.29 is 28.7 Å². The highest BCUT2D eigenvalue weighted by molar-refractivity contribution is 5.83. The van der Waals surface area contributed by atoms with Gasteiger partial charge < -0.3 is 9.47 Å².